The number of ether oxygens (including phenoxy) is 2. The maximum absolute atomic E-state index is 5.57. The topological polar surface area (TPSA) is 37.8 Å². The van der Waals surface area contributed by atoms with E-state index in [1.807, 2.05) is 6.07 Å². The quantitative estimate of drug-likeness (QED) is 0.698. The Kier molecular flexibility index (Phi) is 4.41. The van der Waals surface area contributed by atoms with E-state index in [1.54, 1.807) is 0 Å². The Morgan fingerprint density at radius 3 is 2.54 bits per heavy atom. The second-order valence-corrected chi connectivity index (χ2v) is 7.84. The van der Waals surface area contributed by atoms with E-state index in [-0.39, 0.29) is 6.79 Å². The molecular formula is C23H25N3O2. The number of benzene rings is 2. The van der Waals surface area contributed by atoms with Gasteiger partial charge in [0.15, 0.2) is 11.5 Å². The summed E-state index contributed by atoms with van der Waals surface area (Å²) in [6.45, 7) is 7.71. The standard InChI is InChI=1S/C23H25N3O2/c1-16-4-3-5-17(10-16)23-19(14-26-8-6-25(2)7-9-26)11-18-12-21-22(28-15-27-21)13-20(18)24-23/h3-5,10-13H,6-9,14-15H2,1-2H3. The highest BCUT2D eigenvalue weighted by Gasteiger charge is 2.20. The van der Waals surface area contributed by atoms with Gasteiger partial charge >= 0.3 is 0 Å². The minimum atomic E-state index is 0.282. The largest absolute Gasteiger partial charge is 0.454 e. The zero-order valence-electron chi connectivity index (χ0n) is 16.4. The first-order valence-electron chi connectivity index (χ1n) is 9.87. The number of hydrogen-bond acceptors (Lipinski definition) is 5. The van der Waals surface area contributed by atoms with Gasteiger partial charge in [0, 0.05) is 49.7 Å². The lowest BCUT2D eigenvalue weighted by atomic mass is 10.0. The molecule has 3 heterocycles. The second kappa shape index (κ2) is 7.08. The van der Waals surface area contributed by atoms with Gasteiger partial charge < -0.3 is 14.4 Å². The molecule has 28 heavy (non-hydrogen) atoms. The van der Waals surface area contributed by atoms with Crippen LogP contribution in [0.2, 0.25) is 0 Å². The first-order valence-corrected chi connectivity index (χ1v) is 9.87. The maximum Gasteiger partial charge on any atom is 0.231 e. The van der Waals surface area contributed by atoms with Crippen LogP contribution in [-0.2, 0) is 6.54 Å². The summed E-state index contributed by atoms with van der Waals surface area (Å²) >= 11 is 0. The fourth-order valence-electron chi connectivity index (χ4n) is 4.02. The number of aryl methyl sites for hydroxylation is 1. The molecule has 3 aromatic rings. The van der Waals surface area contributed by atoms with Gasteiger partial charge in [-0.2, -0.15) is 0 Å². The van der Waals surface area contributed by atoms with Crippen LogP contribution in [0.3, 0.4) is 0 Å². The maximum atomic E-state index is 5.57. The predicted molar refractivity (Wildman–Crippen MR) is 111 cm³/mol. The average Bonchev–Trinajstić information content (AvgIpc) is 3.15. The number of piperazine rings is 1. The van der Waals surface area contributed by atoms with E-state index in [1.165, 1.54) is 16.7 Å². The first kappa shape index (κ1) is 17.5. The Hall–Kier alpha value is -2.63. The van der Waals surface area contributed by atoms with Crippen molar-refractivity contribution in [2.75, 3.05) is 40.0 Å². The number of rotatable bonds is 3. The highest BCUT2D eigenvalue weighted by Crippen LogP contribution is 2.37. The number of fused-ring (bicyclic) bond motifs is 2. The lowest BCUT2D eigenvalue weighted by Crippen LogP contribution is -2.43. The molecule has 5 nitrogen and oxygen atoms in total. The Labute approximate surface area is 165 Å². The molecule has 0 aliphatic carbocycles. The fraction of sp³-hybridized carbons (Fsp3) is 0.348. The molecule has 2 aliphatic rings. The van der Waals surface area contributed by atoms with Crippen molar-refractivity contribution in [1.29, 1.82) is 0 Å². The van der Waals surface area contributed by atoms with Crippen LogP contribution in [-0.4, -0.2) is 54.8 Å². The van der Waals surface area contributed by atoms with Gasteiger partial charge in [0.25, 0.3) is 0 Å². The van der Waals surface area contributed by atoms with Crippen molar-refractivity contribution >= 4 is 10.9 Å². The summed E-state index contributed by atoms with van der Waals surface area (Å²) in [6.07, 6.45) is 0. The van der Waals surface area contributed by atoms with Crippen LogP contribution < -0.4 is 9.47 Å². The van der Waals surface area contributed by atoms with E-state index in [0.29, 0.717) is 0 Å². The molecule has 0 atom stereocenters. The molecule has 0 unspecified atom stereocenters. The fourth-order valence-corrected chi connectivity index (χ4v) is 4.02. The van der Waals surface area contributed by atoms with E-state index in [9.17, 15) is 0 Å². The third-order valence-corrected chi connectivity index (χ3v) is 5.67. The smallest absolute Gasteiger partial charge is 0.231 e. The molecule has 5 rings (SSSR count). The molecule has 0 bridgehead atoms. The van der Waals surface area contributed by atoms with Crippen molar-refractivity contribution < 1.29 is 9.47 Å². The van der Waals surface area contributed by atoms with E-state index in [2.05, 4.69) is 60.2 Å². The van der Waals surface area contributed by atoms with Gasteiger partial charge in [-0.25, -0.2) is 4.98 Å². The van der Waals surface area contributed by atoms with Gasteiger partial charge in [0.05, 0.1) is 11.2 Å². The van der Waals surface area contributed by atoms with E-state index in [4.69, 9.17) is 14.5 Å². The number of nitrogens with zero attached hydrogens (tertiary/aromatic N) is 3. The number of hydrogen-bond donors (Lipinski definition) is 0. The molecule has 0 spiro atoms. The molecule has 0 saturated carbocycles. The molecule has 0 radical (unpaired) electrons. The Balaban J connectivity index is 1.60. The van der Waals surface area contributed by atoms with Crippen LogP contribution >= 0.6 is 0 Å². The van der Waals surface area contributed by atoms with Crippen LogP contribution in [0.1, 0.15) is 11.1 Å². The Morgan fingerprint density at radius 1 is 0.964 bits per heavy atom. The molecule has 2 aliphatic heterocycles. The van der Waals surface area contributed by atoms with Crippen molar-refractivity contribution in [2.24, 2.45) is 0 Å². The Morgan fingerprint density at radius 2 is 1.75 bits per heavy atom. The SMILES string of the molecule is Cc1cccc(-c2nc3cc4c(cc3cc2CN2CCN(C)CC2)OCO4)c1. The lowest BCUT2D eigenvalue weighted by Gasteiger charge is -2.32. The first-order chi connectivity index (χ1) is 13.7. The molecule has 2 aromatic carbocycles. The summed E-state index contributed by atoms with van der Waals surface area (Å²) in [5.41, 5.74) is 5.69. The van der Waals surface area contributed by atoms with Gasteiger partial charge in [-0.3, -0.25) is 4.90 Å². The molecular weight excluding hydrogens is 350 g/mol. The highest BCUT2D eigenvalue weighted by molar-refractivity contribution is 5.86. The molecule has 0 amide bonds. The molecule has 1 saturated heterocycles. The summed E-state index contributed by atoms with van der Waals surface area (Å²) in [5.74, 6) is 1.59. The van der Waals surface area contributed by atoms with Gasteiger partial charge in [-0.15, -0.1) is 0 Å². The second-order valence-electron chi connectivity index (χ2n) is 7.84. The minimum absolute atomic E-state index is 0.282. The highest BCUT2D eigenvalue weighted by atomic mass is 16.7. The summed E-state index contributed by atoms with van der Waals surface area (Å²) in [7, 11) is 2.19. The predicted octanol–water partition coefficient (Wildman–Crippen LogP) is 3.69. The third-order valence-electron chi connectivity index (χ3n) is 5.67. The van der Waals surface area contributed by atoms with Crippen molar-refractivity contribution in [2.45, 2.75) is 13.5 Å². The van der Waals surface area contributed by atoms with Gasteiger partial charge in [-0.1, -0.05) is 23.8 Å². The molecule has 1 aromatic heterocycles. The van der Waals surface area contributed by atoms with Crippen molar-refractivity contribution in [3.8, 4) is 22.8 Å². The van der Waals surface area contributed by atoms with Gasteiger partial charge in [-0.05, 0) is 37.7 Å². The van der Waals surface area contributed by atoms with Crippen LogP contribution in [0, 0.1) is 6.92 Å². The summed E-state index contributed by atoms with van der Waals surface area (Å²) in [4.78, 5) is 9.98. The molecule has 5 heteroatoms. The van der Waals surface area contributed by atoms with E-state index >= 15 is 0 Å². The van der Waals surface area contributed by atoms with Crippen LogP contribution in [0.4, 0.5) is 0 Å². The lowest BCUT2D eigenvalue weighted by molar-refractivity contribution is 0.148. The van der Waals surface area contributed by atoms with Crippen LogP contribution in [0.25, 0.3) is 22.2 Å². The van der Waals surface area contributed by atoms with Crippen molar-refractivity contribution in [1.82, 2.24) is 14.8 Å². The Bertz CT molecular complexity index is 1030. The monoisotopic (exact) mass is 375 g/mol. The van der Waals surface area contributed by atoms with Crippen molar-refractivity contribution in [3.63, 3.8) is 0 Å². The van der Waals surface area contributed by atoms with Crippen LogP contribution in [0.15, 0.2) is 42.5 Å². The normalized spacial score (nSPS) is 17.4. The molecule has 144 valence electrons. The summed E-state index contributed by atoms with van der Waals surface area (Å²) in [5, 5.41) is 1.10. The third kappa shape index (κ3) is 3.32. The summed E-state index contributed by atoms with van der Waals surface area (Å²) < 4.78 is 11.1. The zero-order chi connectivity index (χ0) is 19.1. The molecule has 0 N–H and O–H groups in total. The van der Waals surface area contributed by atoms with Crippen LogP contribution in [0.5, 0.6) is 11.5 Å². The number of aromatic nitrogens is 1. The minimum Gasteiger partial charge on any atom is -0.454 e. The average molecular weight is 375 g/mol. The summed E-state index contributed by atoms with van der Waals surface area (Å²) in [6, 6.07) is 14.9. The van der Waals surface area contributed by atoms with E-state index in [0.717, 1.165) is 60.8 Å². The number of pyridine rings is 1. The number of likely N-dealkylation sites (N-methyl/N-ethyl adjacent to an activating group) is 1. The van der Waals surface area contributed by atoms with Gasteiger partial charge in [0.2, 0.25) is 6.79 Å². The molecule has 1 fully saturated rings. The zero-order valence-corrected chi connectivity index (χ0v) is 16.4. The van der Waals surface area contributed by atoms with E-state index < -0.39 is 0 Å². The van der Waals surface area contributed by atoms with Crippen molar-refractivity contribution in [3.05, 3.63) is 53.6 Å². The van der Waals surface area contributed by atoms with Gasteiger partial charge in [0.1, 0.15) is 0 Å².